The molecule has 1 aromatic carbocycles. The predicted molar refractivity (Wildman–Crippen MR) is 128 cm³/mol. The minimum atomic E-state index is -0.655. The highest BCUT2D eigenvalue weighted by atomic mass is 19.1. The van der Waals surface area contributed by atoms with Crippen molar-refractivity contribution in [2.45, 2.75) is 6.42 Å². The molecule has 4 aromatic rings. The van der Waals surface area contributed by atoms with Gasteiger partial charge in [0.2, 0.25) is 11.4 Å². The zero-order chi connectivity index (χ0) is 24.9. The lowest BCUT2D eigenvalue weighted by Gasteiger charge is -2.21. The van der Waals surface area contributed by atoms with Crippen LogP contribution < -0.4 is 20.3 Å². The second-order valence-corrected chi connectivity index (χ2v) is 8.76. The molecule has 1 fully saturated rings. The van der Waals surface area contributed by atoms with E-state index in [1.165, 1.54) is 16.5 Å². The van der Waals surface area contributed by atoms with Crippen LogP contribution in [0.5, 0.6) is 5.75 Å². The minimum absolute atomic E-state index is 0.0409. The topological polar surface area (TPSA) is 111 Å². The Morgan fingerprint density at radius 1 is 1.20 bits per heavy atom. The lowest BCUT2D eigenvalue weighted by atomic mass is 10.1. The summed E-state index contributed by atoms with van der Waals surface area (Å²) in [6.07, 6.45) is 3.77. The summed E-state index contributed by atoms with van der Waals surface area (Å²) in [5.74, 6) is -0.499. The quantitative estimate of drug-likeness (QED) is 0.455. The number of hydrogen-bond acceptors (Lipinski definition) is 5. The number of imidazole rings is 1. The molecule has 10 nitrogen and oxygen atoms in total. The molecule has 180 valence electrons. The molecule has 2 amide bonds. The first-order valence-corrected chi connectivity index (χ1v) is 11.1. The van der Waals surface area contributed by atoms with Gasteiger partial charge >= 0.3 is 17.4 Å². The van der Waals surface area contributed by atoms with E-state index in [2.05, 4.69) is 15.0 Å². The molecule has 3 aromatic heterocycles. The van der Waals surface area contributed by atoms with Crippen molar-refractivity contribution in [3.8, 4) is 17.3 Å². The molecule has 3 N–H and O–H groups in total. The zero-order valence-electron chi connectivity index (χ0n) is 19.5. The number of nitrogens with zero attached hydrogens (tertiary/aromatic N) is 5. The van der Waals surface area contributed by atoms with Crippen LogP contribution >= 0.6 is 0 Å². The maximum atomic E-state index is 13.2. The van der Waals surface area contributed by atoms with Gasteiger partial charge in [0.15, 0.2) is 5.65 Å². The second-order valence-electron chi connectivity index (χ2n) is 8.76. The number of aromatic nitrogens is 4. The second kappa shape index (κ2) is 8.42. The number of carbonyl (C=O) groups is 1. The van der Waals surface area contributed by atoms with Crippen LogP contribution in [-0.4, -0.2) is 64.6 Å². The molecule has 4 heterocycles. The van der Waals surface area contributed by atoms with Crippen molar-refractivity contribution in [1.82, 2.24) is 19.3 Å². The van der Waals surface area contributed by atoms with Gasteiger partial charge in [0.1, 0.15) is 17.7 Å². The van der Waals surface area contributed by atoms with Crippen molar-refractivity contribution >= 4 is 23.1 Å². The van der Waals surface area contributed by atoms with Crippen molar-refractivity contribution < 1.29 is 19.3 Å². The van der Waals surface area contributed by atoms with E-state index < -0.39 is 11.3 Å². The first-order chi connectivity index (χ1) is 16.7. The number of aromatic amines is 2. The van der Waals surface area contributed by atoms with E-state index in [0.717, 1.165) is 11.3 Å². The van der Waals surface area contributed by atoms with E-state index in [-0.39, 0.29) is 23.2 Å². The first-order valence-electron chi connectivity index (χ1n) is 11.1. The highest BCUT2D eigenvalue weighted by Gasteiger charge is 2.31. The number of carbonyl (C=O) groups excluding carboxylic acids is 1. The predicted octanol–water partition coefficient (Wildman–Crippen LogP) is 1.88. The number of fused-ring (bicyclic) bond motifs is 1. The van der Waals surface area contributed by atoms with Crippen LogP contribution in [0.2, 0.25) is 0 Å². The largest absolute Gasteiger partial charge is 0.501 e. The third kappa shape index (κ3) is 3.94. The molecule has 5 rings (SSSR count). The van der Waals surface area contributed by atoms with Crippen LogP contribution in [0.4, 0.5) is 20.6 Å². The van der Waals surface area contributed by atoms with E-state index in [0.29, 0.717) is 36.7 Å². The number of pyridine rings is 1. The molecule has 1 aliphatic rings. The van der Waals surface area contributed by atoms with E-state index in [1.54, 1.807) is 47.4 Å². The third-order valence-corrected chi connectivity index (χ3v) is 6.11. The summed E-state index contributed by atoms with van der Waals surface area (Å²) in [5, 5.41) is 10.8. The number of likely N-dealkylation sites (N-methyl/N-ethyl adjacent to an activating group) is 1. The van der Waals surface area contributed by atoms with Crippen LogP contribution in [0.3, 0.4) is 0 Å². The van der Waals surface area contributed by atoms with Gasteiger partial charge in [-0.25, -0.2) is 24.1 Å². The van der Waals surface area contributed by atoms with Crippen molar-refractivity contribution in [1.29, 1.82) is 0 Å². The average molecular weight is 479 g/mol. The summed E-state index contributed by atoms with van der Waals surface area (Å²) in [4.78, 5) is 41.8. The van der Waals surface area contributed by atoms with Gasteiger partial charge in [0.05, 0.1) is 11.4 Å². The Labute approximate surface area is 199 Å². The monoisotopic (exact) mass is 478 g/mol. The van der Waals surface area contributed by atoms with Gasteiger partial charge < -0.3 is 14.9 Å². The Morgan fingerprint density at radius 2 is 1.94 bits per heavy atom. The summed E-state index contributed by atoms with van der Waals surface area (Å²) in [7, 11) is 5.37. The highest BCUT2D eigenvalue weighted by Crippen LogP contribution is 2.31. The molecule has 0 unspecified atom stereocenters. The number of H-pyrrole nitrogens is 2. The molecule has 0 atom stereocenters. The van der Waals surface area contributed by atoms with Crippen molar-refractivity contribution in [3.63, 3.8) is 0 Å². The van der Waals surface area contributed by atoms with Crippen LogP contribution in [0.25, 0.3) is 17.2 Å². The van der Waals surface area contributed by atoms with Gasteiger partial charge in [-0.15, -0.1) is 0 Å². The van der Waals surface area contributed by atoms with Crippen molar-refractivity contribution in [3.05, 3.63) is 70.2 Å². The first kappa shape index (κ1) is 22.4. The molecular formula is C24H25FN7O3+. The molecule has 0 bridgehead atoms. The highest BCUT2D eigenvalue weighted by molar-refractivity contribution is 5.98. The van der Waals surface area contributed by atoms with Gasteiger partial charge in [0, 0.05) is 46.9 Å². The summed E-state index contributed by atoms with van der Waals surface area (Å²) >= 11 is 0. The number of benzene rings is 1. The number of amides is 2. The normalized spacial score (nSPS) is 13.8. The van der Waals surface area contributed by atoms with Gasteiger partial charge in [-0.1, -0.05) is 12.1 Å². The molecule has 35 heavy (non-hydrogen) atoms. The number of nitrogens with one attached hydrogen (secondary N) is 2. The number of aromatic hydroxyl groups is 1. The van der Waals surface area contributed by atoms with Gasteiger partial charge in [-0.3, -0.25) is 14.1 Å². The summed E-state index contributed by atoms with van der Waals surface area (Å²) in [6.45, 7) is 0.994. The van der Waals surface area contributed by atoms with Crippen LogP contribution in [0.1, 0.15) is 11.3 Å². The van der Waals surface area contributed by atoms with E-state index >= 15 is 0 Å². The van der Waals surface area contributed by atoms with Crippen molar-refractivity contribution in [2.75, 3.05) is 44.0 Å². The summed E-state index contributed by atoms with van der Waals surface area (Å²) < 4.78 is 14.5. The van der Waals surface area contributed by atoms with Crippen LogP contribution in [-0.2, 0) is 6.42 Å². The fraction of sp³-hybridized carbons (Fsp3) is 0.250. The number of rotatable bonds is 5. The standard InChI is InChI=1S/C24H24FN7O3/c1-29(2)17-11-18(31-9-8-30(3)24(31)35)22-28-19(20(33)23(34)32(22)13-17)21-26-12-16(27-21)10-14-4-6-15(25)7-5-14/h4-7,11-13,33H,8-10H2,1-3H3,(H,26,27)/p+1. The molecular weight excluding hydrogens is 453 g/mol. The van der Waals surface area contributed by atoms with Crippen LogP contribution in [0.15, 0.2) is 47.5 Å². The molecule has 0 aliphatic carbocycles. The van der Waals surface area contributed by atoms with Crippen molar-refractivity contribution in [2.24, 2.45) is 0 Å². The number of hydrogen-bond donors (Lipinski definition) is 2. The Balaban J connectivity index is 1.63. The SMILES string of the molecule is CN1CCN(c2cc(N(C)C)cn3c(=O)c(O)c(-c4[nH]c(Cc5ccc(F)cc5)c[nH+]4)nc23)C1=O. The molecule has 1 aliphatic heterocycles. The third-order valence-electron chi connectivity index (χ3n) is 6.11. The van der Waals surface area contributed by atoms with Gasteiger partial charge in [-0.05, 0) is 23.8 Å². The smallest absolute Gasteiger partial charge is 0.324 e. The summed E-state index contributed by atoms with van der Waals surface area (Å²) in [6, 6.07) is 7.76. The number of urea groups is 1. The van der Waals surface area contributed by atoms with Crippen LogP contribution in [0, 0.1) is 5.82 Å². The fourth-order valence-electron chi connectivity index (χ4n) is 4.12. The molecule has 0 saturated carbocycles. The summed E-state index contributed by atoms with van der Waals surface area (Å²) in [5.41, 5.74) is 2.44. The molecule has 0 spiro atoms. The van der Waals surface area contributed by atoms with Gasteiger partial charge in [0.25, 0.3) is 0 Å². The zero-order valence-corrected chi connectivity index (χ0v) is 19.5. The van der Waals surface area contributed by atoms with Gasteiger partial charge in [-0.2, -0.15) is 0 Å². The number of anilines is 2. The van der Waals surface area contributed by atoms with E-state index in [1.807, 2.05) is 19.0 Å². The lowest BCUT2D eigenvalue weighted by molar-refractivity contribution is -0.362. The Hall–Kier alpha value is -4.41. The fourth-order valence-corrected chi connectivity index (χ4v) is 4.12. The molecule has 1 saturated heterocycles. The Bertz CT molecular complexity index is 1490. The lowest BCUT2D eigenvalue weighted by Crippen LogP contribution is -2.31. The Morgan fingerprint density at radius 3 is 2.60 bits per heavy atom. The minimum Gasteiger partial charge on any atom is -0.501 e. The molecule has 0 radical (unpaired) electrons. The molecule has 11 heteroatoms. The Kier molecular flexibility index (Phi) is 5.39. The maximum absolute atomic E-state index is 13.2. The van der Waals surface area contributed by atoms with E-state index in [4.69, 9.17) is 0 Å². The van der Waals surface area contributed by atoms with E-state index in [9.17, 15) is 19.1 Å². The average Bonchev–Trinajstić information content (AvgIpc) is 3.43. The maximum Gasteiger partial charge on any atom is 0.324 e. The number of halogens is 1.